The van der Waals surface area contributed by atoms with Crippen LogP contribution in [0.4, 0.5) is 33.3 Å². The van der Waals surface area contributed by atoms with E-state index < -0.39 is 23.5 Å². The number of aromatic nitrogens is 3. The van der Waals surface area contributed by atoms with Gasteiger partial charge in [0, 0.05) is 28.5 Å². The Hall–Kier alpha value is -3.14. The summed E-state index contributed by atoms with van der Waals surface area (Å²) in [5, 5.41) is 2.97. The van der Waals surface area contributed by atoms with E-state index in [0.29, 0.717) is 33.4 Å². The van der Waals surface area contributed by atoms with Crippen molar-refractivity contribution in [3.8, 4) is 0 Å². The summed E-state index contributed by atoms with van der Waals surface area (Å²) in [4.78, 5) is 11.3. The number of aromatic amines is 1. The van der Waals surface area contributed by atoms with Crippen LogP contribution in [0.3, 0.4) is 0 Å². The van der Waals surface area contributed by atoms with Gasteiger partial charge in [-0.2, -0.15) is 13.2 Å². The van der Waals surface area contributed by atoms with E-state index in [0.717, 1.165) is 29.9 Å². The highest BCUT2D eigenvalue weighted by molar-refractivity contribution is 7.98. The van der Waals surface area contributed by atoms with Crippen molar-refractivity contribution >= 4 is 34.2 Å². The highest BCUT2D eigenvalue weighted by atomic mass is 32.2. The third-order valence-electron chi connectivity index (χ3n) is 4.14. The summed E-state index contributed by atoms with van der Waals surface area (Å²) in [6.07, 6.45) is -3.37. The number of alkyl halides is 3. The van der Waals surface area contributed by atoms with Crippen molar-refractivity contribution in [1.82, 2.24) is 15.0 Å². The molecule has 0 unspecified atom stereocenters. The van der Waals surface area contributed by atoms with Gasteiger partial charge >= 0.3 is 6.18 Å². The summed E-state index contributed by atoms with van der Waals surface area (Å²) in [5.41, 5.74) is 1.45. The topological polar surface area (TPSA) is 53.6 Å². The molecule has 0 aliphatic heterocycles. The lowest BCUT2D eigenvalue weighted by Gasteiger charge is -2.06. The second-order valence-corrected chi connectivity index (χ2v) is 7.38. The third-order valence-corrected chi connectivity index (χ3v) is 5.14. The average molecular weight is 436 g/mol. The molecule has 0 fully saturated rings. The second-order valence-electron chi connectivity index (χ2n) is 6.33. The molecule has 2 aromatic carbocycles. The maximum Gasteiger partial charge on any atom is 0.433 e. The first-order valence-corrected chi connectivity index (χ1v) is 9.63. The Bertz CT molecular complexity index is 1210. The van der Waals surface area contributed by atoms with Crippen LogP contribution >= 0.6 is 11.8 Å². The number of imidazole rings is 1. The van der Waals surface area contributed by atoms with Crippen LogP contribution < -0.4 is 5.32 Å². The zero-order chi connectivity index (χ0) is 21.3. The number of anilines is 2. The number of thioether (sulfide) groups is 1. The summed E-state index contributed by atoms with van der Waals surface area (Å²) in [5.74, 6) is -0.959. The molecular formula is C20H13F5N4S. The molecule has 0 saturated heterocycles. The van der Waals surface area contributed by atoms with Gasteiger partial charge in [0.25, 0.3) is 0 Å². The number of fused-ring (bicyclic) bond motifs is 1. The smallest absolute Gasteiger partial charge is 0.355 e. The van der Waals surface area contributed by atoms with Crippen molar-refractivity contribution < 1.29 is 22.0 Å². The fourth-order valence-electron chi connectivity index (χ4n) is 2.75. The molecule has 154 valence electrons. The van der Waals surface area contributed by atoms with Crippen LogP contribution in [0.5, 0.6) is 0 Å². The minimum atomic E-state index is -4.49. The van der Waals surface area contributed by atoms with Crippen LogP contribution in [0.15, 0.2) is 59.6 Å². The van der Waals surface area contributed by atoms with Gasteiger partial charge in [0.2, 0.25) is 0 Å². The fourth-order valence-corrected chi connectivity index (χ4v) is 3.55. The first-order valence-electron chi connectivity index (χ1n) is 8.65. The molecule has 0 amide bonds. The van der Waals surface area contributed by atoms with Gasteiger partial charge in [0.05, 0.1) is 16.8 Å². The number of halogens is 5. The van der Waals surface area contributed by atoms with Crippen molar-refractivity contribution in [2.45, 2.75) is 16.8 Å². The minimum absolute atomic E-state index is 0.335. The van der Waals surface area contributed by atoms with Gasteiger partial charge in [-0.15, -0.1) is 11.8 Å². The number of rotatable bonds is 5. The molecule has 0 aliphatic rings. The van der Waals surface area contributed by atoms with Crippen LogP contribution in [0, 0.1) is 11.6 Å². The molecule has 2 heterocycles. The number of benzene rings is 2. The largest absolute Gasteiger partial charge is 0.433 e. The second kappa shape index (κ2) is 7.94. The first-order chi connectivity index (χ1) is 14.3. The Balaban J connectivity index is 1.48. The van der Waals surface area contributed by atoms with Crippen LogP contribution in [-0.2, 0) is 11.9 Å². The summed E-state index contributed by atoms with van der Waals surface area (Å²) >= 11 is 1.20. The normalized spacial score (nSPS) is 11.8. The van der Waals surface area contributed by atoms with Crippen LogP contribution in [-0.4, -0.2) is 15.0 Å². The maximum absolute atomic E-state index is 13.4. The van der Waals surface area contributed by atoms with E-state index in [-0.39, 0.29) is 0 Å². The number of nitrogens with one attached hydrogen (secondary N) is 2. The highest BCUT2D eigenvalue weighted by Crippen LogP contribution is 2.31. The lowest BCUT2D eigenvalue weighted by atomic mass is 10.2. The van der Waals surface area contributed by atoms with Crippen molar-refractivity contribution in [2.24, 2.45) is 0 Å². The van der Waals surface area contributed by atoms with Gasteiger partial charge in [-0.05, 0) is 42.5 Å². The van der Waals surface area contributed by atoms with E-state index >= 15 is 0 Å². The monoisotopic (exact) mass is 436 g/mol. The standard InChI is InChI=1S/C20H13F5N4S/c21-14-3-1-11(7-15(14)22)27-12-2-4-16-17(8-12)29-19(28-16)10-30-13-5-6-26-18(9-13)20(23,24)25/h1-9,27H,10H2,(H,28,29). The number of hydrogen-bond acceptors (Lipinski definition) is 4. The van der Waals surface area contributed by atoms with E-state index in [2.05, 4.69) is 20.3 Å². The van der Waals surface area contributed by atoms with E-state index in [1.165, 1.54) is 23.9 Å². The predicted molar refractivity (Wildman–Crippen MR) is 105 cm³/mol. The molecule has 2 aromatic heterocycles. The molecule has 0 bridgehead atoms. The van der Waals surface area contributed by atoms with Crippen LogP contribution in [0.2, 0.25) is 0 Å². The molecule has 4 nitrogen and oxygen atoms in total. The fraction of sp³-hybridized carbons (Fsp3) is 0.100. The van der Waals surface area contributed by atoms with Gasteiger partial charge in [-0.3, -0.25) is 4.98 Å². The van der Waals surface area contributed by atoms with Crippen LogP contribution in [0.25, 0.3) is 11.0 Å². The van der Waals surface area contributed by atoms with Gasteiger partial charge in [-0.25, -0.2) is 13.8 Å². The maximum atomic E-state index is 13.4. The van der Waals surface area contributed by atoms with Gasteiger partial charge in [0.1, 0.15) is 11.5 Å². The minimum Gasteiger partial charge on any atom is -0.355 e. The Morgan fingerprint density at radius 2 is 1.70 bits per heavy atom. The average Bonchev–Trinajstić information content (AvgIpc) is 3.11. The van der Waals surface area contributed by atoms with Crippen molar-refractivity contribution in [3.05, 3.63) is 77.9 Å². The Labute approximate surface area is 171 Å². The SMILES string of the molecule is Fc1ccc(Nc2ccc3[nH]c(CSc4ccnc(C(F)(F)F)c4)nc3c2)cc1F. The highest BCUT2D eigenvalue weighted by Gasteiger charge is 2.32. The summed E-state index contributed by atoms with van der Waals surface area (Å²) in [6, 6.07) is 11.3. The quantitative estimate of drug-likeness (QED) is 0.285. The number of H-pyrrole nitrogens is 1. The van der Waals surface area contributed by atoms with Gasteiger partial charge in [-0.1, -0.05) is 0 Å². The molecule has 0 saturated carbocycles. The van der Waals surface area contributed by atoms with Gasteiger partial charge < -0.3 is 10.3 Å². The van der Waals surface area contributed by atoms with Crippen molar-refractivity contribution in [2.75, 3.05) is 5.32 Å². The molecule has 0 radical (unpaired) electrons. The molecule has 2 N–H and O–H groups in total. The number of hydrogen-bond donors (Lipinski definition) is 2. The molecular weight excluding hydrogens is 423 g/mol. The van der Waals surface area contributed by atoms with Crippen molar-refractivity contribution in [3.63, 3.8) is 0 Å². The zero-order valence-corrected chi connectivity index (χ0v) is 15.9. The molecule has 0 spiro atoms. The van der Waals surface area contributed by atoms with E-state index in [9.17, 15) is 22.0 Å². The molecule has 10 heteroatoms. The number of pyridine rings is 1. The van der Waals surface area contributed by atoms with E-state index in [4.69, 9.17) is 0 Å². The lowest BCUT2D eigenvalue weighted by molar-refractivity contribution is -0.141. The first kappa shape index (κ1) is 20.1. The van der Waals surface area contributed by atoms with E-state index in [1.54, 1.807) is 18.2 Å². The summed E-state index contributed by atoms with van der Waals surface area (Å²) < 4.78 is 64.7. The molecule has 30 heavy (non-hydrogen) atoms. The summed E-state index contributed by atoms with van der Waals surface area (Å²) in [6.45, 7) is 0. The third kappa shape index (κ3) is 4.54. The zero-order valence-electron chi connectivity index (χ0n) is 15.1. The molecule has 4 aromatic rings. The molecule has 0 aliphatic carbocycles. The van der Waals surface area contributed by atoms with E-state index in [1.807, 2.05) is 0 Å². The van der Waals surface area contributed by atoms with Gasteiger partial charge in [0.15, 0.2) is 11.6 Å². The molecule has 0 atom stereocenters. The van der Waals surface area contributed by atoms with Crippen LogP contribution in [0.1, 0.15) is 11.5 Å². The summed E-state index contributed by atoms with van der Waals surface area (Å²) in [7, 11) is 0. The Morgan fingerprint density at radius 3 is 2.47 bits per heavy atom. The number of nitrogens with zero attached hydrogens (tertiary/aromatic N) is 2. The molecule has 4 rings (SSSR count). The Kier molecular flexibility index (Phi) is 5.33. The predicted octanol–water partition coefficient (Wildman–Crippen LogP) is 6.29. The lowest BCUT2D eigenvalue weighted by Crippen LogP contribution is -2.07. The Morgan fingerprint density at radius 1 is 0.933 bits per heavy atom. The van der Waals surface area contributed by atoms with Crippen molar-refractivity contribution in [1.29, 1.82) is 0 Å².